The Hall–Kier alpha value is -4.31. The fourth-order valence-electron chi connectivity index (χ4n) is 3.66. The summed E-state index contributed by atoms with van der Waals surface area (Å²) in [5.74, 6) is -1.36. The highest BCUT2D eigenvalue weighted by Crippen LogP contribution is 2.40. The summed E-state index contributed by atoms with van der Waals surface area (Å²) in [6.45, 7) is 0. The van der Waals surface area contributed by atoms with Gasteiger partial charge < -0.3 is 15.6 Å². The van der Waals surface area contributed by atoms with E-state index in [0.29, 0.717) is 27.9 Å². The highest BCUT2D eigenvalue weighted by atomic mass is 19.4. The summed E-state index contributed by atoms with van der Waals surface area (Å²) in [5, 5.41) is 8.96. The van der Waals surface area contributed by atoms with E-state index in [1.807, 2.05) is 0 Å². The Morgan fingerprint density at radius 3 is 2.33 bits per heavy atom. The fourth-order valence-corrected chi connectivity index (χ4v) is 3.66. The van der Waals surface area contributed by atoms with Crippen molar-refractivity contribution in [1.82, 2.24) is 15.0 Å². The van der Waals surface area contributed by atoms with E-state index in [4.69, 9.17) is 15.6 Å². The lowest BCUT2D eigenvalue weighted by Gasteiger charge is -2.24. The highest BCUT2D eigenvalue weighted by molar-refractivity contribution is 5.73. The second-order valence-corrected chi connectivity index (χ2v) is 7.95. The quantitative estimate of drug-likeness (QED) is 0.360. The van der Waals surface area contributed by atoms with Gasteiger partial charge in [0.25, 0.3) is 0 Å². The number of carboxylic acid groups (broad SMARTS) is 1. The van der Waals surface area contributed by atoms with Gasteiger partial charge in [-0.3, -0.25) is 9.78 Å². The van der Waals surface area contributed by atoms with Crippen molar-refractivity contribution < 1.29 is 27.8 Å². The zero-order chi connectivity index (χ0) is 25.7. The number of hydrogen-bond acceptors (Lipinski definition) is 6. The van der Waals surface area contributed by atoms with Crippen LogP contribution in [-0.2, 0) is 11.2 Å². The van der Waals surface area contributed by atoms with Crippen molar-refractivity contribution in [3.05, 3.63) is 96.6 Å². The van der Waals surface area contributed by atoms with Crippen molar-refractivity contribution in [3.8, 4) is 28.3 Å². The average Bonchev–Trinajstić information content (AvgIpc) is 2.88. The van der Waals surface area contributed by atoms with E-state index in [2.05, 4.69) is 15.0 Å². The number of carbonyl (C=O) groups is 1. The van der Waals surface area contributed by atoms with Gasteiger partial charge in [-0.25, -0.2) is 9.97 Å². The van der Waals surface area contributed by atoms with Gasteiger partial charge in [0.1, 0.15) is 12.4 Å². The van der Waals surface area contributed by atoms with E-state index in [1.54, 1.807) is 48.5 Å². The summed E-state index contributed by atoms with van der Waals surface area (Å²) in [6, 6.07) is 16.4. The fraction of sp³-hybridized carbons (Fsp3) is 0.154. The Morgan fingerprint density at radius 2 is 1.67 bits per heavy atom. The molecule has 0 aliphatic carbocycles. The Labute approximate surface area is 204 Å². The van der Waals surface area contributed by atoms with Crippen LogP contribution in [0, 0.1) is 0 Å². The van der Waals surface area contributed by atoms with Gasteiger partial charge in [-0.05, 0) is 35.2 Å². The van der Waals surface area contributed by atoms with Gasteiger partial charge in [0.15, 0.2) is 0 Å². The molecule has 2 aromatic carbocycles. The molecular weight excluding hydrogens is 473 g/mol. The number of nitrogens with zero attached hydrogens (tertiary/aromatic N) is 3. The normalized spacial score (nSPS) is 13.1. The topological polar surface area (TPSA) is 111 Å². The van der Waals surface area contributed by atoms with Crippen LogP contribution in [0.25, 0.3) is 22.4 Å². The van der Waals surface area contributed by atoms with Crippen molar-refractivity contribution in [2.24, 2.45) is 5.73 Å². The zero-order valence-electron chi connectivity index (χ0n) is 18.8. The molecule has 0 spiro atoms. The molecule has 2 aromatic heterocycles. The van der Waals surface area contributed by atoms with Crippen LogP contribution >= 0.6 is 0 Å². The van der Waals surface area contributed by atoms with Crippen molar-refractivity contribution in [3.63, 3.8) is 0 Å². The molecule has 184 valence electrons. The monoisotopic (exact) mass is 494 g/mol. The first kappa shape index (κ1) is 24.8. The summed E-state index contributed by atoms with van der Waals surface area (Å²) in [4.78, 5) is 22.9. The molecule has 10 heteroatoms. The van der Waals surface area contributed by atoms with Crippen molar-refractivity contribution in [1.29, 1.82) is 0 Å². The lowest BCUT2D eigenvalue weighted by atomic mass is 9.96. The number of nitrogens with two attached hydrogens (primary N) is 1. The van der Waals surface area contributed by atoms with Crippen LogP contribution in [0.15, 0.2) is 85.5 Å². The lowest BCUT2D eigenvalue weighted by molar-refractivity contribution is -0.198. The Morgan fingerprint density at radius 1 is 0.972 bits per heavy atom. The zero-order valence-corrected chi connectivity index (χ0v) is 18.8. The summed E-state index contributed by atoms with van der Waals surface area (Å²) in [6.07, 6.45) is -2.72. The lowest BCUT2D eigenvalue weighted by Crippen LogP contribution is -2.32. The molecular formula is C26H21F3N4O3. The predicted molar refractivity (Wildman–Crippen MR) is 126 cm³/mol. The van der Waals surface area contributed by atoms with Crippen molar-refractivity contribution >= 4 is 5.97 Å². The first-order chi connectivity index (χ1) is 17.2. The number of alkyl halides is 3. The van der Waals surface area contributed by atoms with Gasteiger partial charge in [0, 0.05) is 29.6 Å². The molecule has 4 aromatic rings. The molecule has 2 heterocycles. The number of aliphatic carboxylic acids is 1. The van der Waals surface area contributed by atoms with Crippen LogP contribution in [0.5, 0.6) is 5.88 Å². The van der Waals surface area contributed by atoms with Gasteiger partial charge in [0.2, 0.25) is 12.0 Å². The predicted octanol–water partition coefficient (Wildman–Crippen LogP) is 4.84. The minimum Gasteiger partial charge on any atom is -0.480 e. The SMILES string of the molecule is NC(Cc1ccc(-c2cc(O[C@@H](c3ccccc3-c3ccncc3)C(F)(F)F)ncn2)cc1)C(=O)O. The number of halogens is 3. The number of aromatic nitrogens is 3. The van der Waals surface area contributed by atoms with Crippen LogP contribution < -0.4 is 10.5 Å². The van der Waals surface area contributed by atoms with Crippen LogP contribution in [0.4, 0.5) is 13.2 Å². The van der Waals surface area contributed by atoms with Gasteiger partial charge in [-0.15, -0.1) is 0 Å². The number of carboxylic acids is 1. The number of rotatable bonds is 8. The minimum atomic E-state index is -4.72. The largest absolute Gasteiger partial charge is 0.480 e. The van der Waals surface area contributed by atoms with Crippen molar-refractivity contribution in [2.75, 3.05) is 0 Å². The molecule has 36 heavy (non-hydrogen) atoms. The van der Waals surface area contributed by atoms with E-state index in [9.17, 15) is 18.0 Å². The van der Waals surface area contributed by atoms with E-state index in [0.717, 1.165) is 6.33 Å². The van der Waals surface area contributed by atoms with Crippen LogP contribution in [0.2, 0.25) is 0 Å². The molecule has 3 N–H and O–H groups in total. The molecule has 0 aliphatic rings. The molecule has 0 aliphatic heterocycles. The molecule has 2 atom stereocenters. The molecule has 0 saturated heterocycles. The average molecular weight is 494 g/mol. The van der Waals surface area contributed by atoms with Gasteiger partial charge in [-0.1, -0.05) is 48.5 Å². The van der Waals surface area contributed by atoms with Crippen LogP contribution in [-0.4, -0.2) is 38.2 Å². The van der Waals surface area contributed by atoms with E-state index < -0.39 is 24.3 Å². The third-order valence-corrected chi connectivity index (χ3v) is 5.43. The Balaban J connectivity index is 1.62. The van der Waals surface area contributed by atoms with E-state index >= 15 is 0 Å². The second kappa shape index (κ2) is 10.5. The maximum atomic E-state index is 14.2. The summed E-state index contributed by atoms with van der Waals surface area (Å²) < 4.78 is 48.0. The third kappa shape index (κ3) is 5.84. The molecule has 0 saturated carbocycles. The molecule has 0 bridgehead atoms. The number of pyridine rings is 1. The molecule has 1 unspecified atom stereocenters. The highest BCUT2D eigenvalue weighted by Gasteiger charge is 2.44. The number of benzene rings is 2. The van der Waals surface area contributed by atoms with E-state index in [-0.39, 0.29) is 17.9 Å². The molecule has 0 fully saturated rings. The maximum Gasteiger partial charge on any atom is 0.429 e. The van der Waals surface area contributed by atoms with Gasteiger partial charge in [0.05, 0.1) is 5.69 Å². The third-order valence-electron chi connectivity index (χ3n) is 5.43. The standard InChI is InChI=1S/C26H21F3N4O3/c27-26(28,29)24(20-4-2-1-3-19(20)17-9-11-31-12-10-17)36-23-14-22(32-15-33-23)18-7-5-16(6-8-18)13-21(30)25(34)35/h1-12,14-15,21,24H,13,30H2,(H,34,35)/t21?,24-/m0/s1. The first-order valence-corrected chi connectivity index (χ1v) is 10.8. The molecule has 4 rings (SSSR count). The summed E-state index contributed by atoms with van der Waals surface area (Å²) >= 11 is 0. The number of hydrogen-bond donors (Lipinski definition) is 2. The van der Waals surface area contributed by atoms with Gasteiger partial charge in [-0.2, -0.15) is 13.2 Å². The smallest absolute Gasteiger partial charge is 0.429 e. The van der Waals surface area contributed by atoms with Gasteiger partial charge >= 0.3 is 12.1 Å². The Bertz CT molecular complexity index is 1330. The second-order valence-electron chi connectivity index (χ2n) is 7.95. The summed E-state index contributed by atoms with van der Waals surface area (Å²) in [7, 11) is 0. The van der Waals surface area contributed by atoms with Crippen LogP contribution in [0.3, 0.4) is 0 Å². The molecule has 0 amide bonds. The first-order valence-electron chi connectivity index (χ1n) is 10.8. The molecule has 0 radical (unpaired) electrons. The number of ether oxygens (including phenoxy) is 1. The van der Waals surface area contributed by atoms with E-state index in [1.165, 1.54) is 30.6 Å². The summed E-state index contributed by atoms with van der Waals surface area (Å²) in [5.41, 5.74) is 8.08. The minimum absolute atomic E-state index is 0.0597. The Kier molecular flexibility index (Phi) is 7.25. The van der Waals surface area contributed by atoms with Crippen molar-refractivity contribution in [2.45, 2.75) is 24.7 Å². The maximum absolute atomic E-state index is 14.2. The van der Waals surface area contributed by atoms with Crippen LogP contribution in [0.1, 0.15) is 17.2 Å². The molecule has 7 nitrogen and oxygen atoms in total.